The van der Waals surface area contributed by atoms with Crippen LogP contribution < -0.4 is 14.8 Å². The predicted octanol–water partition coefficient (Wildman–Crippen LogP) is 3.16. The minimum absolute atomic E-state index is 0.0736. The summed E-state index contributed by atoms with van der Waals surface area (Å²) in [5.41, 5.74) is 0.554. The van der Waals surface area contributed by atoms with Gasteiger partial charge in [0.15, 0.2) is 21.3 Å². The summed E-state index contributed by atoms with van der Waals surface area (Å²) in [6.07, 6.45) is -0.167. The molecule has 134 valence electrons. The third-order valence-electron chi connectivity index (χ3n) is 3.44. The number of hydrogen-bond donors (Lipinski definition) is 1. The molecule has 0 radical (unpaired) electrons. The fraction of sp³-hybridized carbons (Fsp3) is 0.235. The zero-order valence-electron chi connectivity index (χ0n) is 13.8. The van der Waals surface area contributed by atoms with E-state index in [1.165, 1.54) is 32.4 Å². The highest BCUT2D eigenvalue weighted by Gasteiger charge is 2.19. The Balaban J connectivity index is 2.03. The highest BCUT2D eigenvalue weighted by Crippen LogP contribution is 2.30. The summed E-state index contributed by atoms with van der Waals surface area (Å²) in [7, 11) is -0.740. The van der Waals surface area contributed by atoms with Crippen LogP contribution in [-0.4, -0.2) is 34.3 Å². The van der Waals surface area contributed by atoms with Gasteiger partial charge < -0.3 is 14.8 Å². The molecule has 0 aliphatic heterocycles. The van der Waals surface area contributed by atoms with E-state index in [2.05, 4.69) is 5.32 Å². The smallest absolute Gasteiger partial charge is 0.225 e. The number of halogens is 1. The minimum atomic E-state index is -3.63. The van der Waals surface area contributed by atoms with Gasteiger partial charge in [0, 0.05) is 23.2 Å². The first kappa shape index (κ1) is 19.1. The second kappa shape index (κ2) is 8.22. The fourth-order valence-corrected chi connectivity index (χ4v) is 3.49. The summed E-state index contributed by atoms with van der Waals surface area (Å²) in [5, 5.41) is 3.18. The zero-order chi connectivity index (χ0) is 18.4. The Bertz CT molecular complexity index is 850. The number of carbonyl (C=O) groups excluding carboxylic acids is 1. The van der Waals surface area contributed by atoms with Gasteiger partial charge in [-0.25, -0.2) is 8.42 Å². The molecule has 0 aliphatic carbocycles. The van der Waals surface area contributed by atoms with Crippen molar-refractivity contribution in [3.63, 3.8) is 0 Å². The molecule has 0 saturated heterocycles. The average molecular weight is 384 g/mol. The van der Waals surface area contributed by atoms with Gasteiger partial charge in [0.25, 0.3) is 0 Å². The predicted molar refractivity (Wildman–Crippen MR) is 96.3 cm³/mol. The van der Waals surface area contributed by atoms with Crippen LogP contribution in [0.4, 0.5) is 5.69 Å². The number of rotatable bonds is 7. The lowest BCUT2D eigenvalue weighted by Crippen LogP contribution is -2.17. The summed E-state index contributed by atoms with van der Waals surface area (Å²) in [4.78, 5) is 12.0. The van der Waals surface area contributed by atoms with Crippen LogP contribution >= 0.6 is 11.6 Å². The minimum Gasteiger partial charge on any atom is -0.493 e. The molecule has 6 nitrogen and oxygen atoms in total. The van der Waals surface area contributed by atoms with Gasteiger partial charge in [0.1, 0.15) is 0 Å². The lowest BCUT2D eigenvalue weighted by atomic mass is 10.3. The quantitative estimate of drug-likeness (QED) is 0.794. The van der Waals surface area contributed by atoms with Crippen molar-refractivity contribution in [1.82, 2.24) is 0 Å². The maximum absolute atomic E-state index is 12.4. The van der Waals surface area contributed by atoms with Gasteiger partial charge in [0.2, 0.25) is 5.91 Å². The number of amides is 1. The number of carbonyl (C=O) groups is 1. The molecule has 0 spiro atoms. The van der Waals surface area contributed by atoms with E-state index >= 15 is 0 Å². The number of ether oxygens (including phenoxy) is 2. The largest absolute Gasteiger partial charge is 0.493 e. The van der Waals surface area contributed by atoms with Crippen molar-refractivity contribution in [2.75, 3.05) is 25.3 Å². The molecule has 2 aromatic carbocycles. The Morgan fingerprint density at radius 3 is 2.28 bits per heavy atom. The van der Waals surface area contributed by atoms with Crippen LogP contribution in [0.25, 0.3) is 0 Å². The SMILES string of the molecule is COc1ccc(S(=O)(=O)CCC(=O)Nc2ccc(Cl)cc2)cc1OC. The maximum atomic E-state index is 12.4. The van der Waals surface area contributed by atoms with Crippen LogP contribution in [0, 0.1) is 0 Å². The van der Waals surface area contributed by atoms with E-state index in [1.807, 2.05) is 0 Å². The Labute approximate surface area is 151 Å². The molecule has 2 rings (SSSR count). The number of sulfone groups is 1. The molecule has 0 fully saturated rings. The molecule has 1 amide bonds. The summed E-state index contributed by atoms with van der Waals surface area (Å²) in [6.45, 7) is 0. The van der Waals surface area contributed by atoms with Crippen LogP contribution in [0.15, 0.2) is 47.4 Å². The van der Waals surface area contributed by atoms with Crippen LogP contribution in [0.1, 0.15) is 6.42 Å². The molecule has 0 heterocycles. The van der Waals surface area contributed by atoms with E-state index < -0.39 is 15.7 Å². The highest BCUT2D eigenvalue weighted by molar-refractivity contribution is 7.91. The van der Waals surface area contributed by atoms with Crippen LogP contribution in [0.5, 0.6) is 11.5 Å². The molecule has 0 atom stereocenters. The van der Waals surface area contributed by atoms with E-state index in [9.17, 15) is 13.2 Å². The first-order valence-corrected chi connectivity index (χ1v) is 9.39. The standard InChI is InChI=1S/C17H18ClNO5S/c1-23-15-8-7-14(11-16(15)24-2)25(21,22)10-9-17(20)19-13-5-3-12(18)4-6-13/h3-8,11H,9-10H2,1-2H3,(H,19,20). The van der Waals surface area contributed by atoms with Crippen molar-refractivity contribution in [3.8, 4) is 11.5 Å². The highest BCUT2D eigenvalue weighted by atomic mass is 35.5. The monoisotopic (exact) mass is 383 g/mol. The summed E-state index contributed by atoms with van der Waals surface area (Å²) < 4.78 is 35.0. The third-order valence-corrected chi connectivity index (χ3v) is 5.41. The maximum Gasteiger partial charge on any atom is 0.225 e. The van der Waals surface area contributed by atoms with Crippen molar-refractivity contribution in [2.45, 2.75) is 11.3 Å². The van der Waals surface area contributed by atoms with Crippen LogP contribution in [0.2, 0.25) is 5.02 Å². The van der Waals surface area contributed by atoms with Crippen molar-refractivity contribution in [2.24, 2.45) is 0 Å². The van der Waals surface area contributed by atoms with Crippen molar-refractivity contribution < 1.29 is 22.7 Å². The van der Waals surface area contributed by atoms with E-state index in [1.54, 1.807) is 24.3 Å². The normalized spacial score (nSPS) is 11.0. The molecule has 8 heteroatoms. The molecule has 0 aromatic heterocycles. The Morgan fingerprint density at radius 2 is 1.68 bits per heavy atom. The number of methoxy groups -OCH3 is 2. The second-order valence-corrected chi connectivity index (χ2v) is 7.69. The Hall–Kier alpha value is -2.25. The van der Waals surface area contributed by atoms with Gasteiger partial charge in [-0.15, -0.1) is 0 Å². The van der Waals surface area contributed by atoms with Gasteiger partial charge in [-0.1, -0.05) is 11.6 Å². The molecule has 0 saturated carbocycles. The van der Waals surface area contributed by atoms with Gasteiger partial charge >= 0.3 is 0 Å². The second-order valence-electron chi connectivity index (χ2n) is 5.14. The van der Waals surface area contributed by atoms with E-state index in [-0.39, 0.29) is 17.1 Å². The first-order chi connectivity index (χ1) is 11.9. The Morgan fingerprint density at radius 1 is 1.04 bits per heavy atom. The van der Waals surface area contributed by atoms with Gasteiger partial charge in [-0.3, -0.25) is 4.79 Å². The van der Waals surface area contributed by atoms with Crippen LogP contribution in [0.3, 0.4) is 0 Å². The summed E-state index contributed by atoms with van der Waals surface area (Å²) >= 11 is 5.77. The lowest BCUT2D eigenvalue weighted by Gasteiger charge is -2.10. The molecule has 0 unspecified atom stereocenters. The third kappa shape index (κ3) is 5.11. The van der Waals surface area contributed by atoms with E-state index in [4.69, 9.17) is 21.1 Å². The molecular formula is C17H18ClNO5S. The van der Waals surface area contributed by atoms with Crippen molar-refractivity contribution in [1.29, 1.82) is 0 Å². The van der Waals surface area contributed by atoms with Crippen molar-refractivity contribution >= 4 is 33.0 Å². The van der Waals surface area contributed by atoms with E-state index in [0.29, 0.717) is 22.2 Å². The molecular weight excluding hydrogens is 366 g/mol. The molecule has 25 heavy (non-hydrogen) atoms. The number of benzene rings is 2. The zero-order valence-corrected chi connectivity index (χ0v) is 15.4. The molecule has 0 aliphatic rings. The fourth-order valence-electron chi connectivity index (χ4n) is 2.11. The summed E-state index contributed by atoms with van der Waals surface area (Å²) in [6, 6.07) is 10.9. The van der Waals surface area contributed by atoms with Gasteiger partial charge in [0.05, 0.1) is 24.9 Å². The first-order valence-electron chi connectivity index (χ1n) is 7.36. The summed E-state index contributed by atoms with van der Waals surface area (Å²) in [5.74, 6) is 0.0320. The number of hydrogen-bond acceptors (Lipinski definition) is 5. The topological polar surface area (TPSA) is 81.7 Å². The number of nitrogens with one attached hydrogen (secondary N) is 1. The average Bonchev–Trinajstić information content (AvgIpc) is 2.61. The van der Waals surface area contributed by atoms with Gasteiger partial charge in [-0.05, 0) is 36.4 Å². The van der Waals surface area contributed by atoms with E-state index in [0.717, 1.165) is 0 Å². The number of anilines is 1. The van der Waals surface area contributed by atoms with Crippen LogP contribution in [-0.2, 0) is 14.6 Å². The Kier molecular flexibility index (Phi) is 6.27. The van der Waals surface area contributed by atoms with Crippen molar-refractivity contribution in [3.05, 3.63) is 47.5 Å². The molecule has 0 bridgehead atoms. The molecule has 2 aromatic rings. The van der Waals surface area contributed by atoms with Gasteiger partial charge in [-0.2, -0.15) is 0 Å². The molecule has 1 N–H and O–H groups in total. The lowest BCUT2D eigenvalue weighted by molar-refractivity contribution is -0.115.